The number of aryl methyl sites for hydroxylation is 1. The highest BCUT2D eigenvalue weighted by Gasteiger charge is 2.38. The van der Waals surface area contributed by atoms with Crippen LogP contribution in [-0.2, 0) is 6.54 Å². The highest BCUT2D eigenvalue weighted by molar-refractivity contribution is 5.93. The van der Waals surface area contributed by atoms with Crippen LogP contribution in [0.25, 0.3) is 33.4 Å². The van der Waals surface area contributed by atoms with Crippen LogP contribution in [0.3, 0.4) is 0 Å². The Balaban J connectivity index is 1.68. The van der Waals surface area contributed by atoms with E-state index >= 15 is 0 Å². The van der Waals surface area contributed by atoms with Crippen molar-refractivity contribution in [2.24, 2.45) is 0 Å². The Morgan fingerprint density at radius 3 is 2.64 bits per heavy atom. The van der Waals surface area contributed by atoms with E-state index in [0.717, 1.165) is 29.4 Å². The van der Waals surface area contributed by atoms with Gasteiger partial charge < -0.3 is 5.11 Å². The topological polar surface area (TPSA) is 110 Å². The summed E-state index contributed by atoms with van der Waals surface area (Å²) in [5.74, 6) is 0.476. The number of nitrogens with one attached hydrogen (secondary N) is 1. The SMILES string of the molecule is Cc1[nH]ncc1-c1nc(-c2ccc(C3CC3)nc2)cc2c(=O)n(C[C@@H](O)C(F)(F)F)cnc12. The highest BCUT2D eigenvalue weighted by Crippen LogP contribution is 2.39. The van der Waals surface area contributed by atoms with E-state index in [0.29, 0.717) is 34.1 Å². The van der Waals surface area contributed by atoms with Crippen LogP contribution in [0.1, 0.15) is 30.1 Å². The van der Waals surface area contributed by atoms with E-state index in [9.17, 15) is 23.1 Å². The van der Waals surface area contributed by atoms with E-state index in [1.54, 1.807) is 19.3 Å². The zero-order chi connectivity index (χ0) is 23.3. The first-order valence-electron chi connectivity index (χ1n) is 10.3. The lowest BCUT2D eigenvalue weighted by molar-refractivity contribution is -0.207. The van der Waals surface area contributed by atoms with Crippen LogP contribution in [0.15, 0.2) is 41.7 Å². The van der Waals surface area contributed by atoms with Crippen LogP contribution in [0, 0.1) is 6.92 Å². The molecule has 0 aliphatic heterocycles. The highest BCUT2D eigenvalue weighted by atomic mass is 19.4. The van der Waals surface area contributed by atoms with E-state index in [4.69, 9.17) is 4.98 Å². The number of alkyl halides is 3. The summed E-state index contributed by atoms with van der Waals surface area (Å²) in [6.45, 7) is 0.829. The van der Waals surface area contributed by atoms with Crippen molar-refractivity contribution < 1.29 is 18.3 Å². The van der Waals surface area contributed by atoms with Gasteiger partial charge in [0.1, 0.15) is 11.2 Å². The summed E-state index contributed by atoms with van der Waals surface area (Å²) in [4.78, 5) is 26.5. The molecule has 4 aromatic rings. The molecule has 4 heterocycles. The molecule has 5 rings (SSSR count). The van der Waals surface area contributed by atoms with Gasteiger partial charge in [-0.1, -0.05) is 0 Å². The zero-order valence-corrected chi connectivity index (χ0v) is 17.5. The monoisotopic (exact) mass is 456 g/mol. The van der Waals surface area contributed by atoms with Crippen LogP contribution in [-0.4, -0.2) is 47.1 Å². The molecule has 0 unspecified atom stereocenters. The van der Waals surface area contributed by atoms with E-state index in [1.165, 1.54) is 6.07 Å². The number of aromatic nitrogens is 6. The first-order valence-corrected chi connectivity index (χ1v) is 10.3. The summed E-state index contributed by atoms with van der Waals surface area (Å²) in [6, 6.07) is 5.28. The number of halogens is 3. The molecule has 0 saturated heterocycles. The van der Waals surface area contributed by atoms with Gasteiger partial charge in [-0.2, -0.15) is 18.3 Å². The maximum absolute atomic E-state index is 13.1. The van der Waals surface area contributed by atoms with Gasteiger partial charge in [0.15, 0.2) is 6.10 Å². The Hall–Kier alpha value is -3.60. The molecule has 1 aliphatic carbocycles. The Morgan fingerprint density at radius 1 is 1.24 bits per heavy atom. The van der Waals surface area contributed by atoms with Crippen LogP contribution in [0.2, 0.25) is 0 Å². The molecule has 33 heavy (non-hydrogen) atoms. The lowest BCUT2D eigenvalue weighted by atomic mass is 10.1. The average molecular weight is 456 g/mol. The Kier molecular flexibility index (Phi) is 5.00. The van der Waals surface area contributed by atoms with E-state index in [2.05, 4.69) is 20.2 Å². The molecule has 1 atom stereocenters. The van der Waals surface area contributed by atoms with Crippen molar-refractivity contribution in [1.82, 2.24) is 29.7 Å². The third-order valence-corrected chi connectivity index (χ3v) is 5.72. The van der Waals surface area contributed by atoms with Gasteiger partial charge in [0.2, 0.25) is 0 Å². The Bertz CT molecular complexity index is 1390. The largest absolute Gasteiger partial charge is 0.416 e. The van der Waals surface area contributed by atoms with Gasteiger partial charge in [-0.15, -0.1) is 0 Å². The summed E-state index contributed by atoms with van der Waals surface area (Å²) < 4.78 is 39.3. The second-order valence-electron chi connectivity index (χ2n) is 8.17. The zero-order valence-electron chi connectivity index (χ0n) is 17.5. The summed E-state index contributed by atoms with van der Waals surface area (Å²) >= 11 is 0. The number of fused-ring (bicyclic) bond motifs is 1. The molecule has 4 aromatic heterocycles. The lowest BCUT2D eigenvalue weighted by Crippen LogP contribution is -2.36. The van der Waals surface area contributed by atoms with Gasteiger partial charge in [0, 0.05) is 34.6 Å². The molecule has 0 aromatic carbocycles. The minimum Gasteiger partial charge on any atom is -0.382 e. The maximum atomic E-state index is 13.1. The minimum atomic E-state index is -4.86. The van der Waals surface area contributed by atoms with Gasteiger partial charge >= 0.3 is 6.18 Å². The summed E-state index contributed by atoms with van der Waals surface area (Å²) in [6.07, 6.45) is -1.10. The molecule has 170 valence electrons. The molecular weight excluding hydrogens is 437 g/mol. The maximum Gasteiger partial charge on any atom is 0.416 e. The third-order valence-electron chi connectivity index (χ3n) is 5.72. The van der Waals surface area contributed by atoms with Crippen molar-refractivity contribution in [3.8, 4) is 22.5 Å². The molecule has 8 nitrogen and oxygen atoms in total. The molecule has 2 N–H and O–H groups in total. The Morgan fingerprint density at radius 2 is 2.03 bits per heavy atom. The molecular formula is C22H19F3N6O2. The lowest BCUT2D eigenvalue weighted by Gasteiger charge is -2.16. The number of aromatic amines is 1. The van der Waals surface area contributed by atoms with E-state index in [1.807, 2.05) is 12.1 Å². The third kappa shape index (κ3) is 3.99. The number of nitrogens with zero attached hydrogens (tertiary/aromatic N) is 5. The number of pyridine rings is 2. The Labute approximate surface area is 185 Å². The second kappa shape index (κ2) is 7.77. The van der Waals surface area contributed by atoms with Gasteiger partial charge in [-0.3, -0.25) is 19.4 Å². The fraction of sp³-hybridized carbons (Fsp3) is 0.318. The quantitative estimate of drug-likeness (QED) is 0.477. The first-order chi connectivity index (χ1) is 15.7. The normalized spacial score (nSPS) is 15.2. The first kappa shape index (κ1) is 21.3. The van der Waals surface area contributed by atoms with Gasteiger partial charge in [0.25, 0.3) is 5.56 Å². The predicted molar refractivity (Wildman–Crippen MR) is 113 cm³/mol. The van der Waals surface area contributed by atoms with Crippen LogP contribution >= 0.6 is 0 Å². The number of H-pyrrole nitrogens is 1. The number of rotatable bonds is 5. The summed E-state index contributed by atoms with van der Waals surface area (Å²) in [5.41, 5.74) is 3.29. The number of aliphatic hydroxyl groups is 1. The molecule has 0 radical (unpaired) electrons. The minimum absolute atomic E-state index is 0.0822. The van der Waals surface area contributed by atoms with Gasteiger partial charge in [0.05, 0.1) is 30.1 Å². The standard InChI is InChI=1S/C22H19F3N6O2/c1-11-15(8-28-30-11)20-19-14(21(33)31(10-27-19)9-18(32)22(23,24)25)6-17(29-20)13-4-5-16(26-7-13)12-2-3-12/h4-8,10,12,18,32H,2-3,9H2,1H3,(H,28,30)/t18-/m1/s1. The molecule has 11 heteroatoms. The van der Waals surface area contributed by atoms with Crippen molar-refractivity contribution in [3.05, 3.63) is 58.7 Å². The molecule has 1 saturated carbocycles. The van der Waals surface area contributed by atoms with E-state index < -0.39 is 24.4 Å². The fourth-order valence-electron chi connectivity index (χ4n) is 3.69. The van der Waals surface area contributed by atoms with E-state index in [-0.39, 0.29) is 10.9 Å². The van der Waals surface area contributed by atoms with Crippen LogP contribution in [0.4, 0.5) is 13.2 Å². The van der Waals surface area contributed by atoms with Crippen molar-refractivity contribution >= 4 is 10.9 Å². The predicted octanol–water partition coefficient (Wildman–Crippen LogP) is 3.35. The number of hydrogen-bond donors (Lipinski definition) is 2. The summed E-state index contributed by atoms with van der Waals surface area (Å²) in [7, 11) is 0. The molecule has 1 fully saturated rings. The van der Waals surface area contributed by atoms with Crippen molar-refractivity contribution in [1.29, 1.82) is 0 Å². The molecule has 1 aliphatic rings. The smallest absolute Gasteiger partial charge is 0.382 e. The summed E-state index contributed by atoms with van der Waals surface area (Å²) in [5, 5.41) is 16.3. The second-order valence-corrected chi connectivity index (χ2v) is 8.17. The van der Waals surface area contributed by atoms with Crippen molar-refractivity contribution in [2.75, 3.05) is 0 Å². The van der Waals surface area contributed by atoms with Gasteiger partial charge in [-0.05, 0) is 38.0 Å². The molecule has 0 amide bonds. The molecule has 0 spiro atoms. The molecule has 0 bridgehead atoms. The van der Waals surface area contributed by atoms with Gasteiger partial charge in [-0.25, -0.2) is 9.97 Å². The fourth-order valence-corrected chi connectivity index (χ4v) is 3.69. The van der Waals surface area contributed by atoms with Crippen molar-refractivity contribution in [3.63, 3.8) is 0 Å². The van der Waals surface area contributed by atoms with Crippen molar-refractivity contribution in [2.45, 2.75) is 44.5 Å². The number of aliphatic hydroxyl groups excluding tert-OH is 1. The average Bonchev–Trinajstić information content (AvgIpc) is 3.55. The van der Waals surface area contributed by atoms with Crippen LogP contribution in [0.5, 0.6) is 0 Å². The number of hydrogen-bond acceptors (Lipinski definition) is 6. The van der Waals surface area contributed by atoms with Crippen LogP contribution < -0.4 is 5.56 Å².